The average Bonchev–Trinajstić information content (AvgIpc) is 3.37. The number of allylic oxidation sites excluding steroid dienone is 12. The molecule has 0 aromatic heterocycles. The monoisotopic (exact) mass is 1030 g/mol. The minimum absolute atomic E-state index is 0.123. The topological polar surface area (TPSA) is 155 Å². The van der Waals surface area contributed by atoms with Crippen LogP contribution in [-0.2, 0) is 42.2 Å². The van der Waals surface area contributed by atoms with Crippen LogP contribution in [0.5, 0.6) is 0 Å². The Morgan fingerprint density at radius 1 is 0.403 bits per heavy atom. The predicted octanol–water partition coefficient (Wildman–Crippen LogP) is 16.9. The van der Waals surface area contributed by atoms with E-state index in [-0.39, 0.29) is 25.9 Å². The zero-order chi connectivity index (χ0) is 52.7. The van der Waals surface area contributed by atoms with E-state index in [1.165, 1.54) is 96.3 Å². The fourth-order valence-corrected chi connectivity index (χ4v) is 8.46. The summed E-state index contributed by atoms with van der Waals surface area (Å²) in [6, 6.07) is 0. The number of esters is 3. The lowest BCUT2D eigenvalue weighted by Crippen LogP contribution is -2.30. The number of carbonyl (C=O) groups is 3. The Morgan fingerprint density at radius 3 is 1.19 bits per heavy atom. The number of aliphatic hydroxyl groups is 1. The molecule has 0 aromatic rings. The molecule has 3 atom stereocenters. The fourth-order valence-electron chi connectivity index (χ4n) is 7.68. The highest BCUT2D eigenvalue weighted by atomic mass is 31.2. The van der Waals surface area contributed by atoms with Crippen molar-refractivity contribution in [1.29, 1.82) is 0 Å². The van der Waals surface area contributed by atoms with E-state index in [0.29, 0.717) is 19.3 Å². The van der Waals surface area contributed by atoms with E-state index in [0.717, 1.165) is 96.3 Å². The van der Waals surface area contributed by atoms with Gasteiger partial charge in [-0.2, -0.15) is 0 Å². The molecule has 0 aliphatic rings. The van der Waals surface area contributed by atoms with Crippen molar-refractivity contribution in [3.8, 4) is 0 Å². The van der Waals surface area contributed by atoms with Crippen LogP contribution in [0.3, 0.4) is 0 Å². The smallest absolute Gasteiger partial charge is 0.462 e. The van der Waals surface area contributed by atoms with E-state index in [1.807, 2.05) is 0 Å². The van der Waals surface area contributed by atoms with Gasteiger partial charge in [0.1, 0.15) is 12.7 Å². The highest BCUT2D eigenvalue weighted by molar-refractivity contribution is 7.47. The second kappa shape index (κ2) is 54.2. The Balaban J connectivity index is 4.72. The minimum atomic E-state index is -4.76. The molecule has 0 aromatic carbocycles. The second-order valence-corrected chi connectivity index (χ2v) is 20.5. The molecule has 0 fully saturated rings. The van der Waals surface area contributed by atoms with Gasteiger partial charge in [0.25, 0.3) is 0 Å². The Kier molecular flexibility index (Phi) is 51.9. The third kappa shape index (κ3) is 51.8. The Labute approximate surface area is 439 Å². The number of rotatable bonds is 53. The van der Waals surface area contributed by atoms with Gasteiger partial charge in [-0.25, -0.2) is 4.57 Å². The van der Waals surface area contributed by atoms with Gasteiger partial charge in [0.15, 0.2) is 6.10 Å². The first-order valence-corrected chi connectivity index (χ1v) is 30.3. The van der Waals surface area contributed by atoms with Gasteiger partial charge in [0, 0.05) is 19.3 Å². The minimum Gasteiger partial charge on any atom is -0.462 e. The lowest BCUT2D eigenvalue weighted by molar-refractivity contribution is -0.161. The predicted molar refractivity (Wildman–Crippen MR) is 298 cm³/mol. The molecule has 12 heteroatoms. The van der Waals surface area contributed by atoms with Crippen LogP contribution in [0.1, 0.15) is 252 Å². The number of phosphoric ester groups is 1. The first kappa shape index (κ1) is 68.9. The van der Waals surface area contributed by atoms with Crippen molar-refractivity contribution in [1.82, 2.24) is 0 Å². The van der Waals surface area contributed by atoms with E-state index in [1.54, 1.807) is 0 Å². The van der Waals surface area contributed by atoms with Gasteiger partial charge in [-0.05, 0) is 103 Å². The molecule has 0 heterocycles. The van der Waals surface area contributed by atoms with Crippen molar-refractivity contribution >= 4 is 25.7 Å². The van der Waals surface area contributed by atoms with Crippen LogP contribution in [-0.4, -0.2) is 66.5 Å². The molecule has 0 spiro atoms. The molecule has 0 rings (SSSR count). The summed E-state index contributed by atoms with van der Waals surface area (Å²) in [5, 5.41) is 9.80. The second-order valence-electron chi connectivity index (χ2n) is 19.1. The lowest BCUT2D eigenvalue weighted by Gasteiger charge is -2.21. The molecule has 0 radical (unpaired) electrons. The van der Waals surface area contributed by atoms with Crippen molar-refractivity contribution in [2.45, 2.75) is 264 Å². The highest BCUT2D eigenvalue weighted by Crippen LogP contribution is 2.43. The largest absolute Gasteiger partial charge is 0.472 e. The fraction of sp³-hybridized carbons (Fsp3) is 0.750. The number of ether oxygens (including phenoxy) is 3. The third-order valence-electron chi connectivity index (χ3n) is 12.1. The maximum Gasteiger partial charge on any atom is 0.472 e. The summed E-state index contributed by atoms with van der Waals surface area (Å²) in [4.78, 5) is 48.5. The van der Waals surface area contributed by atoms with Crippen molar-refractivity contribution in [3.63, 3.8) is 0 Å². The molecule has 0 bridgehead atoms. The Hall–Kier alpha value is -3.08. The Bertz CT molecular complexity index is 1490. The summed E-state index contributed by atoms with van der Waals surface area (Å²) in [5.74, 6) is -1.52. The molecule has 0 aliphatic carbocycles. The third-order valence-corrected chi connectivity index (χ3v) is 13.0. The van der Waals surface area contributed by atoms with E-state index in [9.17, 15) is 28.9 Å². The molecule has 72 heavy (non-hydrogen) atoms. The first-order chi connectivity index (χ1) is 35.2. The van der Waals surface area contributed by atoms with Gasteiger partial charge in [0.05, 0.1) is 19.8 Å². The van der Waals surface area contributed by atoms with Crippen molar-refractivity contribution in [2.75, 3.05) is 26.4 Å². The SMILES string of the molecule is CC/C=C\C/C=C\C/C=C\C/C=C\CCCCC(=O)OC(CO)COP(=O)(O)OCC(COC(=O)CCCCCCC/C=C\CCCC)OC(=O)CCCCCCCCCCC/C=C\CCCCCCCC. The molecule has 0 aliphatic heterocycles. The normalized spacial score (nSPS) is 13.9. The van der Waals surface area contributed by atoms with Crippen LogP contribution in [0.25, 0.3) is 0 Å². The number of carbonyl (C=O) groups excluding carboxylic acids is 3. The summed E-state index contributed by atoms with van der Waals surface area (Å²) in [6.07, 6.45) is 60.1. The summed E-state index contributed by atoms with van der Waals surface area (Å²) < 4.78 is 39.4. The van der Waals surface area contributed by atoms with Crippen molar-refractivity contribution in [2.24, 2.45) is 0 Å². The van der Waals surface area contributed by atoms with Crippen LogP contribution >= 0.6 is 7.82 Å². The number of aliphatic hydroxyl groups excluding tert-OH is 1. The number of phosphoric acid groups is 1. The van der Waals surface area contributed by atoms with Crippen LogP contribution in [0.2, 0.25) is 0 Å². The van der Waals surface area contributed by atoms with Crippen LogP contribution < -0.4 is 0 Å². The number of hydrogen-bond acceptors (Lipinski definition) is 10. The number of unbranched alkanes of at least 4 members (excludes halogenated alkanes) is 24. The zero-order valence-electron chi connectivity index (χ0n) is 45.9. The van der Waals surface area contributed by atoms with Gasteiger partial charge in [-0.1, -0.05) is 203 Å². The van der Waals surface area contributed by atoms with E-state index in [4.69, 9.17) is 23.3 Å². The maximum absolute atomic E-state index is 12.9. The van der Waals surface area contributed by atoms with Gasteiger partial charge in [-0.15, -0.1) is 0 Å². The number of hydrogen-bond donors (Lipinski definition) is 2. The molecule has 0 saturated carbocycles. The zero-order valence-corrected chi connectivity index (χ0v) is 46.8. The van der Waals surface area contributed by atoms with Gasteiger partial charge >= 0.3 is 25.7 Å². The molecule has 3 unspecified atom stereocenters. The molecular weight excluding hydrogens is 928 g/mol. The van der Waals surface area contributed by atoms with Crippen LogP contribution in [0.4, 0.5) is 0 Å². The van der Waals surface area contributed by atoms with Gasteiger partial charge in [0.2, 0.25) is 0 Å². The lowest BCUT2D eigenvalue weighted by atomic mass is 10.1. The van der Waals surface area contributed by atoms with Crippen molar-refractivity contribution < 1.29 is 52.2 Å². The molecule has 0 amide bonds. The van der Waals surface area contributed by atoms with E-state index >= 15 is 0 Å². The van der Waals surface area contributed by atoms with Gasteiger partial charge in [-0.3, -0.25) is 23.4 Å². The van der Waals surface area contributed by atoms with E-state index in [2.05, 4.69) is 93.7 Å². The molecular formula is C60H105O11P. The summed E-state index contributed by atoms with van der Waals surface area (Å²) >= 11 is 0. The highest BCUT2D eigenvalue weighted by Gasteiger charge is 2.28. The van der Waals surface area contributed by atoms with Crippen LogP contribution in [0.15, 0.2) is 72.9 Å². The van der Waals surface area contributed by atoms with E-state index < -0.39 is 57.8 Å². The Morgan fingerprint density at radius 2 is 0.736 bits per heavy atom. The standard InChI is InChI=1S/C60H105O11P/c1-4-7-10-13-16-19-22-24-26-27-28-29-31-33-36-39-42-45-48-51-60(64)71-57(53-67-58(62)49-46-43-40-37-34-21-18-15-12-9-6-3)55-69-72(65,66)68-54-56(52-61)70-59(63)50-47-44-41-38-35-32-30-25-23-20-17-14-11-8-5-2/h8,11,15,17-18,20,24-26,30,35,38,56-57,61H,4-7,9-10,12-14,16,19,21-23,27-29,31-34,36-37,39-55H2,1-3H3,(H,65,66)/b11-8-,18-15-,20-17-,26-24-,30-25-,38-35-. The first-order valence-electron chi connectivity index (χ1n) is 28.8. The molecule has 416 valence electrons. The van der Waals surface area contributed by atoms with Gasteiger partial charge < -0.3 is 24.2 Å². The van der Waals surface area contributed by atoms with Crippen molar-refractivity contribution in [3.05, 3.63) is 72.9 Å². The molecule has 2 N–H and O–H groups in total. The molecule has 11 nitrogen and oxygen atoms in total. The quantitative estimate of drug-likeness (QED) is 0.0197. The molecule has 0 saturated heterocycles. The summed E-state index contributed by atoms with van der Waals surface area (Å²) in [5.41, 5.74) is 0. The summed E-state index contributed by atoms with van der Waals surface area (Å²) in [6.45, 7) is 4.44. The average molecular weight is 1030 g/mol. The van der Waals surface area contributed by atoms with Crippen LogP contribution in [0, 0.1) is 0 Å². The maximum atomic E-state index is 12.9. The summed E-state index contributed by atoms with van der Waals surface area (Å²) in [7, 11) is -4.76.